The summed E-state index contributed by atoms with van der Waals surface area (Å²) in [6.45, 7) is 9.14. The van der Waals surface area contributed by atoms with Crippen molar-refractivity contribution in [1.82, 2.24) is 10.2 Å². The van der Waals surface area contributed by atoms with Crippen LogP contribution in [0, 0.1) is 5.41 Å². The number of carbonyl (C=O) groups is 2. The van der Waals surface area contributed by atoms with Crippen LogP contribution in [-0.4, -0.2) is 52.3 Å². The van der Waals surface area contributed by atoms with Gasteiger partial charge in [0.05, 0.1) is 17.6 Å². The van der Waals surface area contributed by atoms with Crippen LogP contribution in [0.2, 0.25) is 0 Å². The van der Waals surface area contributed by atoms with Crippen LogP contribution >= 0.6 is 0 Å². The molecule has 0 aliphatic carbocycles. The number of carbonyl (C=O) groups excluding carboxylic acids is 1. The third-order valence-corrected chi connectivity index (χ3v) is 3.17. The second-order valence-electron chi connectivity index (χ2n) is 5.70. The van der Waals surface area contributed by atoms with Crippen molar-refractivity contribution in [3.05, 3.63) is 0 Å². The van der Waals surface area contributed by atoms with Crippen molar-refractivity contribution in [3.63, 3.8) is 0 Å². The lowest BCUT2D eigenvalue weighted by Gasteiger charge is -2.30. The van der Waals surface area contributed by atoms with Gasteiger partial charge >= 0.3 is 12.0 Å². The number of hydrogen-bond acceptors (Lipinski definition) is 3. The fraction of sp³-hybridized carbons (Fsp3) is 0.846. The van der Waals surface area contributed by atoms with Crippen LogP contribution in [0.5, 0.6) is 0 Å². The molecule has 6 heteroatoms. The highest BCUT2D eigenvalue weighted by Crippen LogP contribution is 2.20. The smallest absolute Gasteiger partial charge is 0.317 e. The fourth-order valence-corrected chi connectivity index (χ4v) is 1.53. The third kappa shape index (κ3) is 5.92. The van der Waals surface area contributed by atoms with Crippen molar-refractivity contribution in [3.8, 4) is 0 Å². The maximum Gasteiger partial charge on any atom is 0.317 e. The summed E-state index contributed by atoms with van der Waals surface area (Å²) in [5.74, 6) is -0.930. The first-order valence-electron chi connectivity index (χ1n) is 6.54. The lowest BCUT2D eigenvalue weighted by atomic mass is 9.88. The molecule has 0 aliphatic rings. The van der Waals surface area contributed by atoms with Gasteiger partial charge in [-0.2, -0.15) is 0 Å². The van der Waals surface area contributed by atoms with E-state index < -0.39 is 17.0 Å². The van der Waals surface area contributed by atoms with E-state index in [-0.39, 0.29) is 19.1 Å². The first-order valence-corrected chi connectivity index (χ1v) is 6.54. The number of hydrogen-bond donors (Lipinski definition) is 3. The quantitative estimate of drug-likeness (QED) is 0.652. The summed E-state index contributed by atoms with van der Waals surface area (Å²) in [6.07, 6.45) is 0.431. The van der Waals surface area contributed by atoms with E-state index in [4.69, 9.17) is 5.11 Å². The zero-order valence-electron chi connectivity index (χ0n) is 12.5. The Kier molecular flexibility index (Phi) is 6.29. The molecule has 2 amide bonds. The molecule has 0 aliphatic heterocycles. The molecule has 0 aromatic rings. The van der Waals surface area contributed by atoms with Crippen LogP contribution in [0.1, 0.15) is 41.0 Å². The van der Waals surface area contributed by atoms with Gasteiger partial charge in [-0.05, 0) is 34.1 Å². The Balaban J connectivity index is 4.55. The van der Waals surface area contributed by atoms with Gasteiger partial charge in [-0.25, -0.2) is 4.79 Å². The lowest BCUT2D eigenvalue weighted by molar-refractivity contribution is -0.147. The largest absolute Gasteiger partial charge is 0.481 e. The van der Waals surface area contributed by atoms with Gasteiger partial charge in [0.25, 0.3) is 0 Å². The van der Waals surface area contributed by atoms with E-state index >= 15 is 0 Å². The number of carboxylic acid groups (broad SMARTS) is 1. The van der Waals surface area contributed by atoms with E-state index in [1.807, 2.05) is 6.92 Å². The van der Waals surface area contributed by atoms with E-state index in [0.29, 0.717) is 13.0 Å². The minimum absolute atomic E-state index is 0.0695. The van der Waals surface area contributed by atoms with Crippen molar-refractivity contribution < 1.29 is 19.8 Å². The van der Waals surface area contributed by atoms with Gasteiger partial charge in [-0.3, -0.25) is 4.79 Å². The van der Waals surface area contributed by atoms with Crippen LogP contribution < -0.4 is 5.32 Å². The maximum atomic E-state index is 11.9. The summed E-state index contributed by atoms with van der Waals surface area (Å²) in [4.78, 5) is 24.5. The topological polar surface area (TPSA) is 89.9 Å². The van der Waals surface area contributed by atoms with Crippen molar-refractivity contribution in [2.45, 2.75) is 46.6 Å². The fourth-order valence-electron chi connectivity index (χ4n) is 1.53. The monoisotopic (exact) mass is 274 g/mol. The summed E-state index contributed by atoms with van der Waals surface area (Å²) in [5.41, 5.74) is -1.95. The molecule has 0 spiro atoms. The molecular weight excluding hydrogens is 248 g/mol. The molecule has 0 aromatic heterocycles. The van der Waals surface area contributed by atoms with Crippen molar-refractivity contribution in [2.75, 3.05) is 19.6 Å². The van der Waals surface area contributed by atoms with Gasteiger partial charge in [0.2, 0.25) is 0 Å². The number of aliphatic carboxylic acids is 1. The predicted molar refractivity (Wildman–Crippen MR) is 73.0 cm³/mol. The maximum absolute atomic E-state index is 11.9. The van der Waals surface area contributed by atoms with Crippen molar-refractivity contribution in [2.24, 2.45) is 5.41 Å². The van der Waals surface area contributed by atoms with E-state index in [2.05, 4.69) is 5.32 Å². The Morgan fingerprint density at radius 3 is 2.05 bits per heavy atom. The van der Waals surface area contributed by atoms with Gasteiger partial charge < -0.3 is 20.4 Å². The molecule has 0 radical (unpaired) electrons. The molecule has 3 N–H and O–H groups in total. The molecule has 0 fully saturated rings. The van der Waals surface area contributed by atoms with E-state index in [9.17, 15) is 14.7 Å². The summed E-state index contributed by atoms with van der Waals surface area (Å²) in [6, 6.07) is -0.356. The average molecular weight is 274 g/mol. The highest BCUT2D eigenvalue weighted by Gasteiger charge is 2.32. The Hall–Kier alpha value is -1.30. The minimum atomic E-state index is -0.978. The molecule has 1 unspecified atom stereocenters. The zero-order valence-corrected chi connectivity index (χ0v) is 12.5. The standard InChI is InChI=1S/C13H26N2O4/c1-6-13(5,10(16)17)8-14-11(18)15(7-2)9-12(3,4)19/h19H,6-9H2,1-5H3,(H,14,18)(H,16,17). The Morgan fingerprint density at radius 1 is 1.21 bits per heavy atom. The summed E-state index contributed by atoms with van der Waals surface area (Å²) >= 11 is 0. The molecule has 0 saturated carbocycles. The van der Waals surface area contributed by atoms with Gasteiger partial charge in [-0.15, -0.1) is 0 Å². The third-order valence-electron chi connectivity index (χ3n) is 3.17. The van der Waals surface area contributed by atoms with Crippen LogP contribution in [0.3, 0.4) is 0 Å². The zero-order chi connectivity index (χ0) is 15.3. The molecule has 19 heavy (non-hydrogen) atoms. The summed E-state index contributed by atoms with van der Waals surface area (Å²) in [7, 11) is 0. The highest BCUT2D eigenvalue weighted by atomic mass is 16.4. The number of urea groups is 1. The minimum Gasteiger partial charge on any atom is -0.481 e. The lowest BCUT2D eigenvalue weighted by Crippen LogP contribution is -2.50. The molecular formula is C13H26N2O4. The molecule has 0 saturated heterocycles. The van der Waals surface area contributed by atoms with E-state index in [1.165, 1.54) is 4.90 Å². The van der Waals surface area contributed by atoms with E-state index in [1.54, 1.807) is 27.7 Å². The summed E-state index contributed by atoms with van der Waals surface area (Å²) in [5, 5.41) is 21.5. The number of amides is 2. The molecule has 0 bridgehead atoms. The average Bonchev–Trinajstić information content (AvgIpc) is 2.31. The van der Waals surface area contributed by atoms with Crippen LogP contribution in [0.4, 0.5) is 4.79 Å². The van der Waals surface area contributed by atoms with Gasteiger partial charge in [0, 0.05) is 13.1 Å². The van der Waals surface area contributed by atoms with Gasteiger partial charge in [0.15, 0.2) is 0 Å². The number of rotatable bonds is 7. The number of aliphatic hydroxyl groups is 1. The van der Waals surface area contributed by atoms with Crippen LogP contribution in [0.25, 0.3) is 0 Å². The molecule has 0 rings (SSSR count). The van der Waals surface area contributed by atoms with Gasteiger partial charge in [0.1, 0.15) is 0 Å². The Morgan fingerprint density at radius 2 is 1.74 bits per heavy atom. The second kappa shape index (κ2) is 6.75. The Bertz CT molecular complexity index is 325. The predicted octanol–water partition coefficient (Wildman–Crippen LogP) is 1.29. The molecule has 6 nitrogen and oxygen atoms in total. The van der Waals surface area contributed by atoms with Crippen molar-refractivity contribution in [1.29, 1.82) is 0 Å². The number of nitrogens with one attached hydrogen (secondary N) is 1. The van der Waals surface area contributed by atoms with Gasteiger partial charge in [-0.1, -0.05) is 6.92 Å². The van der Waals surface area contributed by atoms with Crippen molar-refractivity contribution >= 4 is 12.0 Å². The Labute approximate surface area is 114 Å². The molecule has 112 valence electrons. The molecule has 0 heterocycles. The number of nitrogens with zero attached hydrogens (tertiary/aromatic N) is 1. The number of likely N-dealkylation sites (N-methyl/N-ethyl adjacent to an activating group) is 1. The first kappa shape index (κ1) is 17.7. The van der Waals surface area contributed by atoms with Crippen LogP contribution in [0.15, 0.2) is 0 Å². The molecule has 0 aromatic carbocycles. The second-order valence-corrected chi connectivity index (χ2v) is 5.70. The normalized spacial score (nSPS) is 14.6. The molecule has 1 atom stereocenters. The first-order chi connectivity index (χ1) is 8.55. The highest BCUT2D eigenvalue weighted by molar-refractivity contribution is 5.77. The SMILES string of the molecule is CCN(CC(C)(C)O)C(=O)NCC(C)(CC)C(=O)O. The number of carboxylic acids is 1. The van der Waals surface area contributed by atoms with Crippen LogP contribution in [-0.2, 0) is 4.79 Å². The van der Waals surface area contributed by atoms with E-state index in [0.717, 1.165) is 0 Å². The summed E-state index contributed by atoms with van der Waals surface area (Å²) < 4.78 is 0.